The first-order chi connectivity index (χ1) is 17.8. The van der Waals surface area contributed by atoms with Crippen molar-refractivity contribution in [1.82, 2.24) is 15.5 Å². The van der Waals surface area contributed by atoms with Gasteiger partial charge in [0.05, 0.1) is 12.2 Å². The number of anilines is 1. The number of hydrogen-bond donors (Lipinski definition) is 3. The Balaban J connectivity index is 1.83. The number of nitrogens with one attached hydrogen (secondary N) is 3. The fourth-order valence-corrected chi connectivity index (χ4v) is 4.58. The second kappa shape index (κ2) is 11.3. The van der Waals surface area contributed by atoms with Crippen molar-refractivity contribution < 1.29 is 9.53 Å². The fourth-order valence-electron chi connectivity index (χ4n) is 4.58. The third kappa shape index (κ3) is 6.02. The highest BCUT2D eigenvalue weighted by molar-refractivity contribution is 5.68. The largest absolute Gasteiger partial charge is 0.444 e. The van der Waals surface area contributed by atoms with Gasteiger partial charge in [0.1, 0.15) is 17.0 Å². The van der Waals surface area contributed by atoms with Crippen LogP contribution in [-0.4, -0.2) is 21.9 Å². The van der Waals surface area contributed by atoms with Gasteiger partial charge in [0.15, 0.2) is 0 Å². The molecule has 0 atom stereocenters. The summed E-state index contributed by atoms with van der Waals surface area (Å²) in [6.07, 6.45) is 1.27. The van der Waals surface area contributed by atoms with Crippen LogP contribution in [0.25, 0.3) is 0 Å². The summed E-state index contributed by atoms with van der Waals surface area (Å²) in [5.74, 6) is 0.760. The molecule has 3 aromatic carbocycles. The number of aryl methyl sites for hydroxylation is 1. The van der Waals surface area contributed by atoms with Crippen LogP contribution in [0.4, 0.5) is 10.6 Å². The zero-order chi connectivity index (χ0) is 26.3. The van der Waals surface area contributed by atoms with Gasteiger partial charge >= 0.3 is 6.09 Å². The van der Waals surface area contributed by atoms with E-state index in [1.54, 1.807) is 0 Å². The van der Waals surface area contributed by atoms with Crippen molar-refractivity contribution in [2.45, 2.75) is 58.2 Å². The van der Waals surface area contributed by atoms with Gasteiger partial charge in [-0.3, -0.25) is 5.10 Å². The molecule has 192 valence electrons. The van der Waals surface area contributed by atoms with Crippen LogP contribution in [0.15, 0.2) is 91.0 Å². The first-order valence-electron chi connectivity index (χ1n) is 12.8. The van der Waals surface area contributed by atoms with Crippen molar-refractivity contribution in [3.05, 3.63) is 119 Å². The lowest BCUT2D eigenvalue weighted by Crippen LogP contribution is -2.39. The number of amides is 1. The molecule has 0 aliphatic rings. The standard InChI is InChI=1S/C31H36N4O2/c1-5-15-27-26(22-32-29(36)37-30(2,3)4)28(35-34-27)33-31(23-16-9-6-10-17-23,24-18-11-7-12-19-24)25-20-13-8-14-21-25/h6-14,16-21H,5,15,22H2,1-4H3,(H,32,36)(H2,33,34,35). The first kappa shape index (κ1) is 26.0. The van der Waals surface area contributed by atoms with Crippen molar-refractivity contribution >= 4 is 11.9 Å². The maximum absolute atomic E-state index is 12.5. The molecule has 0 unspecified atom stereocenters. The molecule has 0 saturated heterocycles. The van der Waals surface area contributed by atoms with Crippen LogP contribution >= 0.6 is 0 Å². The van der Waals surface area contributed by atoms with E-state index in [-0.39, 0.29) is 6.54 Å². The SMILES string of the molecule is CCCc1n[nH]c(NC(c2ccccc2)(c2ccccc2)c2ccccc2)c1CNC(=O)OC(C)(C)C. The molecule has 6 heteroatoms. The first-order valence-corrected chi connectivity index (χ1v) is 12.8. The molecule has 0 bridgehead atoms. The molecule has 37 heavy (non-hydrogen) atoms. The van der Waals surface area contributed by atoms with Crippen LogP contribution in [0, 0.1) is 0 Å². The number of benzene rings is 3. The maximum Gasteiger partial charge on any atom is 0.407 e. The maximum atomic E-state index is 12.5. The van der Waals surface area contributed by atoms with Crippen LogP contribution in [0.2, 0.25) is 0 Å². The Bertz CT molecular complexity index is 1180. The average molecular weight is 497 g/mol. The molecule has 6 nitrogen and oxygen atoms in total. The third-order valence-corrected chi connectivity index (χ3v) is 6.18. The van der Waals surface area contributed by atoms with Crippen molar-refractivity contribution in [1.29, 1.82) is 0 Å². The lowest BCUT2D eigenvalue weighted by Gasteiger charge is -2.37. The lowest BCUT2D eigenvalue weighted by atomic mass is 9.77. The number of aromatic amines is 1. The molecule has 1 heterocycles. The summed E-state index contributed by atoms with van der Waals surface area (Å²) in [6, 6.07) is 31.2. The number of hydrogen-bond acceptors (Lipinski definition) is 4. The van der Waals surface area contributed by atoms with Crippen molar-refractivity contribution in [3.63, 3.8) is 0 Å². The normalized spacial score (nSPS) is 11.7. The lowest BCUT2D eigenvalue weighted by molar-refractivity contribution is 0.0523. The Kier molecular flexibility index (Phi) is 7.97. The van der Waals surface area contributed by atoms with Gasteiger partial charge in [0, 0.05) is 5.56 Å². The zero-order valence-electron chi connectivity index (χ0n) is 22.0. The number of carbonyl (C=O) groups excluding carboxylic acids is 1. The van der Waals surface area contributed by atoms with Gasteiger partial charge < -0.3 is 15.4 Å². The molecular weight excluding hydrogens is 460 g/mol. The minimum absolute atomic E-state index is 0.289. The second-order valence-electron chi connectivity index (χ2n) is 10.1. The summed E-state index contributed by atoms with van der Waals surface area (Å²) < 4.78 is 5.48. The van der Waals surface area contributed by atoms with Gasteiger partial charge in [-0.05, 0) is 43.9 Å². The molecule has 4 aromatic rings. The Morgan fingerprint density at radius 1 is 0.838 bits per heavy atom. The highest BCUT2D eigenvalue weighted by Crippen LogP contribution is 2.40. The Hall–Kier alpha value is -4.06. The molecule has 4 rings (SSSR count). The molecule has 1 amide bonds. The Morgan fingerprint density at radius 2 is 1.32 bits per heavy atom. The third-order valence-electron chi connectivity index (χ3n) is 6.18. The van der Waals surface area contributed by atoms with Gasteiger partial charge in [-0.1, -0.05) is 104 Å². The summed E-state index contributed by atoms with van der Waals surface area (Å²) in [4.78, 5) is 12.5. The molecule has 0 radical (unpaired) electrons. The molecule has 0 spiro atoms. The number of alkyl carbamates (subject to hydrolysis) is 1. The van der Waals surface area contributed by atoms with Gasteiger partial charge in [0.2, 0.25) is 0 Å². The number of nitrogens with zero attached hydrogens (tertiary/aromatic N) is 1. The molecular formula is C31H36N4O2. The molecule has 3 N–H and O–H groups in total. The minimum Gasteiger partial charge on any atom is -0.444 e. The van der Waals surface area contributed by atoms with E-state index >= 15 is 0 Å². The number of carbonyl (C=O) groups is 1. The van der Waals surface area contributed by atoms with Crippen LogP contribution in [0.5, 0.6) is 0 Å². The van der Waals surface area contributed by atoms with Gasteiger partial charge in [-0.25, -0.2) is 4.79 Å². The highest BCUT2D eigenvalue weighted by atomic mass is 16.6. The van der Waals surface area contributed by atoms with Crippen LogP contribution < -0.4 is 10.6 Å². The highest BCUT2D eigenvalue weighted by Gasteiger charge is 2.37. The van der Waals surface area contributed by atoms with E-state index in [1.165, 1.54) is 0 Å². The van der Waals surface area contributed by atoms with Crippen molar-refractivity contribution in [3.8, 4) is 0 Å². The summed E-state index contributed by atoms with van der Waals surface area (Å²) >= 11 is 0. The number of rotatable bonds is 9. The molecule has 0 fully saturated rings. The van der Waals surface area contributed by atoms with E-state index in [9.17, 15) is 4.79 Å². The quantitative estimate of drug-likeness (QED) is 0.223. The summed E-state index contributed by atoms with van der Waals surface area (Å²) in [5.41, 5.74) is 3.82. The smallest absolute Gasteiger partial charge is 0.407 e. The van der Waals surface area contributed by atoms with Crippen molar-refractivity contribution in [2.24, 2.45) is 0 Å². The molecule has 0 saturated carbocycles. The van der Waals surface area contributed by atoms with Gasteiger partial charge in [0.25, 0.3) is 0 Å². The van der Waals surface area contributed by atoms with Crippen LogP contribution in [0.3, 0.4) is 0 Å². The van der Waals surface area contributed by atoms with E-state index in [4.69, 9.17) is 4.74 Å². The average Bonchev–Trinajstić information content (AvgIpc) is 3.27. The van der Waals surface area contributed by atoms with Gasteiger partial charge in [-0.15, -0.1) is 0 Å². The van der Waals surface area contributed by atoms with Gasteiger partial charge in [-0.2, -0.15) is 5.10 Å². The van der Waals surface area contributed by atoms with Crippen LogP contribution in [-0.2, 0) is 23.2 Å². The monoisotopic (exact) mass is 496 g/mol. The molecule has 1 aromatic heterocycles. The van der Waals surface area contributed by atoms with Crippen molar-refractivity contribution in [2.75, 3.05) is 5.32 Å². The predicted octanol–water partition coefficient (Wildman–Crippen LogP) is 6.79. The predicted molar refractivity (Wildman–Crippen MR) is 148 cm³/mol. The zero-order valence-corrected chi connectivity index (χ0v) is 22.0. The fraction of sp³-hybridized carbons (Fsp3) is 0.290. The second-order valence-corrected chi connectivity index (χ2v) is 10.1. The number of aromatic nitrogens is 2. The van der Waals surface area contributed by atoms with E-state index in [1.807, 2.05) is 39.0 Å². The molecule has 0 aliphatic carbocycles. The Morgan fingerprint density at radius 3 is 1.76 bits per heavy atom. The van der Waals surface area contributed by atoms with E-state index < -0.39 is 17.2 Å². The summed E-state index contributed by atoms with van der Waals surface area (Å²) in [5, 5.41) is 14.7. The Labute approximate surface area is 219 Å². The van der Waals surface area contributed by atoms with Crippen LogP contribution in [0.1, 0.15) is 62.1 Å². The van der Waals surface area contributed by atoms with E-state index in [0.29, 0.717) is 0 Å². The van der Waals surface area contributed by atoms with E-state index in [0.717, 1.165) is 46.6 Å². The minimum atomic E-state index is -0.708. The summed E-state index contributed by atoms with van der Waals surface area (Å²) in [7, 11) is 0. The number of H-pyrrole nitrogens is 1. The number of ether oxygens (including phenoxy) is 1. The topological polar surface area (TPSA) is 79.0 Å². The summed E-state index contributed by atoms with van der Waals surface area (Å²) in [6.45, 7) is 7.97. The molecule has 0 aliphatic heterocycles. The van der Waals surface area contributed by atoms with E-state index in [2.05, 4.69) is 101 Å².